The summed E-state index contributed by atoms with van der Waals surface area (Å²) >= 11 is 0. The van der Waals surface area contributed by atoms with Crippen molar-refractivity contribution in [2.24, 2.45) is 0 Å². The predicted octanol–water partition coefficient (Wildman–Crippen LogP) is 1.83. The molecule has 0 bridgehead atoms. The molecule has 0 heterocycles. The predicted molar refractivity (Wildman–Crippen MR) is 68.5 cm³/mol. The van der Waals surface area contributed by atoms with Gasteiger partial charge in [-0.05, 0) is 44.0 Å². The number of nitrogens with two attached hydrogens (primary N) is 1. The highest BCUT2D eigenvalue weighted by Gasteiger charge is 2.02. The van der Waals surface area contributed by atoms with Gasteiger partial charge in [-0.2, -0.15) is 0 Å². The molecular formula is C13H22N2O. The van der Waals surface area contributed by atoms with Crippen LogP contribution in [0, 0.1) is 0 Å². The van der Waals surface area contributed by atoms with Crippen LogP contribution in [0.25, 0.3) is 0 Å². The van der Waals surface area contributed by atoms with Gasteiger partial charge < -0.3 is 15.8 Å². The van der Waals surface area contributed by atoms with Gasteiger partial charge in [0.25, 0.3) is 0 Å². The second-order valence-electron chi connectivity index (χ2n) is 4.15. The van der Waals surface area contributed by atoms with Crippen LogP contribution in [0.15, 0.2) is 24.3 Å². The lowest BCUT2D eigenvalue weighted by molar-refractivity contribution is 0.193. The van der Waals surface area contributed by atoms with Crippen LogP contribution in [0.4, 0.5) is 5.69 Å². The fourth-order valence-electron chi connectivity index (χ4n) is 1.64. The van der Waals surface area contributed by atoms with Crippen molar-refractivity contribution in [3.8, 4) is 0 Å². The molecule has 0 amide bonds. The minimum Gasteiger partial charge on any atom is -0.399 e. The van der Waals surface area contributed by atoms with Crippen molar-refractivity contribution < 1.29 is 4.74 Å². The van der Waals surface area contributed by atoms with E-state index in [0.717, 1.165) is 31.7 Å². The highest BCUT2D eigenvalue weighted by atomic mass is 16.5. The summed E-state index contributed by atoms with van der Waals surface area (Å²) in [5, 5.41) is 3.47. The van der Waals surface area contributed by atoms with Gasteiger partial charge in [-0.25, -0.2) is 0 Å². The maximum absolute atomic E-state index is 5.64. The SMILES string of the molecule is COCCCNC(C)Cc1ccc(N)cc1. The zero-order valence-corrected chi connectivity index (χ0v) is 10.2. The fourth-order valence-corrected chi connectivity index (χ4v) is 1.64. The van der Waals surface area contributed by atoms with Crippen LogP contribution < -0.4 is 11.1 Å². The normalized spacial score (nSPS) is 12.6. The van der Waals surface area contributed by atoms with Crippen LogP contribution >= 0.6 is 0 Å². The van der Waals surface area contributed by atoms with Gasteiger partial charge in [-0.1, -0.05) is 12.1 Å². The summed E-state index contributed by atoms with van der Waals surface area (Å²) < 4.78 is 5.00. The summed E-state index contributed by atoms with van der Waals surface area (Å²) in [5.74, 6) is 0. The fraction of sp³-hybridized carbons (Fsp3) is 0.538. The Labute approximate surface area is 98.0 Å². The molecule has 1 aromatic carbocycles. The van der Waals surface area contributed by atoms with E-state index in [2.05, 4.69) is 24.4 Å². The number of anilines is 1. The molecule has 1 aromatic rings. The Morgan fingerprint density at radius 2 is 2.00 bits per heavy atom. The van der Waals surface area contributed by atoms with Crippen LogP contribution in [0.5, 0.6) is 0 Å². The average Bonchev–Trinajstić information content (AvgIpc) is 2.28. The summed E-state index contributed by atoms with van der Waals surface area (Å²) in [6.45, 7) is 4.02. The molecule has 0 aliphatic carbocycles. The van der Waals surface area contributed by atoms with Crippen molar-refractivity contribution in [3.63, 3.8) is 0 Å². The van der Waals surface area contributed by atoms with E-state index in [4.69, 9.17) is 10.5 Å². The Bertz CT molecular complexity index is 284. The van der Waals surface area contributed by atoms with Gasteiger partial charge >= 0.3 is 0 Å². The molecule has 3 N–H and O–H groups in total. The van der Waals surface area contributed by atoms with Crippen molar-refractivity contribution in [2.45, 2.75) is 25.8 Å². The van der Waals surface area contributed by atoms with Crippen molar-refractivity contribution >= 4 is 5.69 Å². The van der Waals surface area contributed by atoms with E-state index in [1.54, 1.807) is 7.11 Å². The molecule has 0 saturated heterocycles. The maximum Gasteiger partial charge on any atom is 0.0474 e. The summed E-state index contributed by atoms with van der Waals surface area (Å²) in [5.41, 5.74) is 7.79. The lowest BCUT2D eigenvalue weighted by Crippen LogP contribution is -2.29. The van der Waals surface area contributed by atoms with E-state index < -0.39 is 0 Å². The lowest BCUT2D eigenvalue weighted by atomic mass is 10.1. The number of hydrogen-bond acceptors (Lipinski definition) is 3. The lowest BCUT2D eigenvalue weighted by Gasteiger charge is -2.13. The molecule has 0 saturated carbocycles. The highest BCUT2D eigenvalue weighted by Crippen LogP contribution is 2.07. The first-order valence-electron chi connectivity index (χ1n) is 5.79. The van der Waals surface area contributed by atoms with Crippen LogP contribution in [-0.4, -0.2) is 26.3 Å². The minimum atomic E-state index is 0.487. The first-order chi connectivity index (χ1) is 7.72. The van der Waals surface area contributed by atoms with Gasteiger partial charge in [0.05, 0.1) is 0 Å². The minimum absolute atomic E-state index is 0.487. The molecule has 0 fully saturated rings. The van der Waals surface area contributed by atoms with Crippen molar-refractivity contribution in [1.29, 1.82) is 0 Å². The Hall–Kier alpha value is -1.06. The second-order valence-corrected chi connectivity index (χ2v) is 4.15. The molecule has 1 rings (SSSR count). The van der Waals surface area contributed by atoms with E-state index in [1.807, 2.05) is 12.1 Å². The van der Waals surface area contributed by atoms with Gasteiger partial charge in [-0.15, -0.1) is 0 Å². The first-order valence-corrected chi connectivity index (χ1v) is 5.79. The van der Waals surface area contributed by atoms with Gasteiger partial charge in [0.1, 0.15) is 0 Å². The number of nitrogen functional groups attached to an aromatic ring is 1. The number of methoxy groups -OCH3 is 1. The first kappa shape index (κ1) is 13.0. The zero-order chi connectivity index (χ0) is 11.8. The smallest absolute Gasteiger partial charge is 0.0474 e. The Morgan fingerprint density at radius 1 is 1.31 bits per heavy atom. The molecule has 0 spiro atoms. The molecular weight excluding hydrogens is 200 g/mol. The zero-order valence-electron chi connectivity index (χ0n) is 10.2. The van der Waals surface area contributed by atoms with E-state index in [9.17, 15) is 0 Å². The van der Waals surface area contributed by atoms with E-state index >= 15 is 0 Å². The number of rotatable bonds is 7. The van der Waals surface area contributed by atoms with E-state index in [0.29, 0.717) is 6.04 Å². The third kappa shape index (κ3) is 5.14. The molecule has 0 aliphatic rings. The second kappa shape index (κ2) is 7.25. The number of benzene rings is 1. The summed E-state index contributed by atoms with van der Waals surface area (Å²) in [6, 6.07) is 8.56. The number of hydrogen-bond donors (Lipinski definition) is 2. The largest absolute Gasteiger partial charge is 0.399 e. The molecule has 0 radical (unpaired) electrons. The highest BCUT2D eigenvalue weighted by molar-refractivity contribution is 5.39. The Balaban J connectivity index is 2.23. The molecule has 1 atom stereocenters. The van der Waals surface area contributed by atoms with Gasteiger partial charge in [0, 0.05) is 25.4 Å². The average molecular weight is 222 g/mol. The van der Waals surface area contributed by atoms with Gasteiger partial charge in [0.15, 0.2) is 0 Å². The summed E-state index contributed by atoms with van der Waals surface area (Å²) in [7, 11) is 1.73. The van der Waals surface area contributed by atoms with Crippen LogP contribution in [0.1, 0.15) is 18.9 Å². The summed E-state index contributed by atoms with van der Waals surface area (Å²) in [4.78, 5) is 0. The summed E-state index contributed by atoms with van der Waals surface area (Å²) in [6.07, 6.45) is 2.09. The number of ether oxygens (including phenoxy) is 1. The van der Waals surface area contributed by atoms with E-state index in [-0.39, 0.29) is 0 Å². The monoisotopic (exact) mass is 222 g/mol. The van der Waals surface area contributed by atoms with Gasteiger partial charge in [-0.3, -0.25) is 0 Å². The molecule has 0 aromatic heterocycles. The van der Waals surface area contributed by atoms with Crippen molar-refractivity contribution in [3.05, 3.63) is 29.8 Å². The van der Waals surface area contributed by atoms with Gasteiger partial charge in [0.2, 0.25) is 0 Å². The Kier molecular flexibility index (Phi) is 5.90. The van der Waals surface area contributed by atoms with Crippen molar-refractivity contribution in [2.75, 3.05) is 26.0 Å². The molecule has 1 unspecified atom stereocenters. The van der Waals surface area contributed by atoms with E-state index in [1.165, 1.54) is 5.56 Å². The van der Waals surface area contributed by atoms with Crippen LogP contribution in [0.3, 0.4) is 0 Å². The third-order valence-corrected chi connectivity index (χ3v) is 2.54. The third-order valence-electron chi connectivity index (χ3n) is 2.54. The van der Waals surface area contributed by atoms with Crippen LogP contribution in [-0.2, 0) is 11.2 Å². The quantitative estimate of drug-likeness (QED) is 0.546. The molecule has 16 heavy (non-hydrogen) atoms. The Morgan fingerprint density at radius 3 is 2.62 bits per heavy atom. The number of nitrogens with one attached hydrogen (secondary N) is 1. The molecule has 90 valence electrons. The maximum atomic E-state index is 5.64. The molecule has 3 nitrogen and oxygen atoms in total. The van der Waals surface area contributed by atoms with Crippen LogP contribution in [0.2, 0.25) is 0 Å². The topological polar surface area (TPSA) is 47.3 Å². The standard InChI is InChI=1S/C13H22N2O/c1-11(15-8-3-9-16-2)10-12-4-6-13(14)7-5-12/h4-7,11,15H,3,8-10,14H2,1-2H3. The molecule has 0 aliphatic heterocycles. The van der Waals surface area contributed by atoms with Crippen molar-refractivity contribution in [1.82, 2.24) is 5.32 Å². The molecule has 3 heteroatoms.